The number of ether oxygens (including phenoxy) is 2. The van der Waals surface area contributed by atoms with Gasteiger partial charge in [-0.15, -0.1) is 12.6 Å². The summed E-state index contributed by atoms with van der Waals surface area (Å²) in [5, 5.41) is 0. The van der Waals surface area contributed by atoms with Crippen LogP contribution in [0, 0.1) is 5.92 Å². The van der Waals surface area contributed by atoms with Crippen LogP contribution < -0.4 is 0 Å². The highest BCUT2D eigenvalue weighted by Gasteiger charge is 2.17. The molecule has 1 aromatic rings. The van der Waals surface area contributed by atoms with Gasteiger partial charge in [-0.25, -0.2) is 0 Å². The molecule has 1 fully saturated rings. The zero-order valence-corrected chi connectivity index (χ0v) is 10.5. The minimum absolute atomic E-state index is 0.177. The summed E-state index contributed by atoms with van der Waals surface area (Å²) in [6.07, 6.45) is 1.31. The first kappa shape index (κ1) is 12.5. The molecule has 1 heterocycles. The maximum absolute atomic E-state index is 11.6. The summed E-state index contributed by atoms with van der Waals surface area (Å²) >= 11 is 4.19. The lowest BCUT2D eigenvalue weighted by Crippen LogP contribution is -2.15. The predicted octanol–water partition coefficient (Wildman–Crippen LogP) is 2.10. The van der Waals surface area contributed by atoms with Crippen molar-refractivity contribution in [1.82, 2.24) is 0 Å². The highest BCUT2D eigenvalue weighted by Crippen LogP contribution is 2.13. The Morgan fingerprint density at radius 1 is 1.41 bits per heavy atom. The number of carbonyl (C=O) groups excluding carboxylic acids is 1. The third-order valence-corrected chi connectivity index (χ3v) is 3.09. The van der Waals surface area contributed by atoms with E-state index in [-0.39, 0.29) is 5.97 Å². The highest BCUT2D eigenvalue weighted by molar-refractivity contribution is 7.80. The van der Waals surface area contributed by atoms with Crippen LogP contribution in [0.1, 0.15) is 12.0 Å². The fraction of sp³-hybridized carbons (Fsp3) is 0.462. The average molecular weight is 252 g/mol. The Balaban J connectivity index is 1.74. The molecule has 0 N–H and O–H groups in total. The number of rotatable bonds is 4. The fourth-order valence-electron chi connectivity index (χ4n) is 1.76. The quantitative estimate of drug-likeness (QED) is 0.658. The van der Waals surface area contributed by atoms with E-state index in [1.54, 1.807) is 0 Å². The molecule has 17 heavy (non-hydrogen) atoms. The van der Waals surface area contributed by atoms with Crippen molar-refractivity contribution in [2.75, 3.05) is 19.8 Å². The zero-order valence-electron chi connectivity index (χ0n) is 9.59. The van der Waals surface area contributed by atoms with Crippen LogP contribution in [0.15, 0.2) is 29.2 Å². The van der Waals surface area contributed by atoms with Gasteiger partial charge in [0.15, 0.2) is 0 Å². The number of esters is 1. The van der Waals surface area contributed by atoms with Crippen LogP contribution in [0.25, 0.3) is 0 Å². The second-order valence-corrected chi connectivity index (χ2v) is 4.77. The summed E-state index contributed by atoms with van der Waals surface area (Å²) in [5.41, 5.74) is 0.954. The van der Waals surface area contributed by atoms with E-state index >= 15 is 0 Å². The van der Waals surface area contributed by atoms with Crippen molar-refractivity contribution in [1.29, 1.82) is 0 Å². The molecule has 2 rings (SSSR count). The molecule has 0 amide bonds. The van der Waals surface area contributed by atoms with E-state index in [0.717, 1.165) is 23.5 Å². The summed E-state index contributed by atoms with van der Waals surface area (Å²) < 4.78 is 10.4. The van der Waals surface area contributed by atoms with Gasteiger partial charge in [-0.3, -0.25) is 4.79 Å². The first-order chi connectivity index (χ1) is 8.24. The van der Waals surface area contributed by atoms with Gasteiger partial charge in [-0.1, -0.05) is 12.1 Å². The Kier molecular flexibility index (Phi) is 4.45. The van der Waals surface area contributed by atoms with Crippen molar-refractivity contribution in [3.8, 4) is 0 Å². The summed E-state index contributed by atoms with van der Waals surface area (Å²) in [4.78, 5) is 12.5. The number of hydrogen-bond acceptors (Lipinski definition) is 4. The van der Waals surface area contributed by atoms with Gasteiger partial charge in [0, 0.05) is 17.4 Å². The molecule has 0 saturated carbocycles. The molecule has 1 aliphatic heterocycles. The van der Waals surface area contributed by atoms with E-state index < -0.39 is 0 Å². The molecule has 0 spiro atoms. The van der Waals surface area contributed by atoms with Crippen molar-refractivity contribution >= 4 is 18.6 Å². The fourth-order valence-corrected chi connectivity index (χ4v) is 1.91. The molecule has 0 bridgehead atoms. The molecule has 0 radical (unpaired) electrons. The van der Waals surface area contributed by atoms with Crippen LogP contribution in [0.5, 0.6) is 0 Å². The van der Waals surface area contributed by atoms with Crippen molar-refractivity contribution in [2.45, 2.75) is 17.7 Å². The lowest BCUT2D eigenvalue weighted by Gasteiger charge is -2.08. The standard InChI is InChI=1S/C13H16O3S/c14-13(16-9-11-5-6-15-8-11)7-10-1-3-12(17)4-2-10/h1-4,11,17H,5-9H2. The van der Waals surface area contributed by atoms with E-state index in [1.807, 2.05) is 24.3 Å². The van der Waals surface area contributed by atoms with Gasteiger partial charge in [0.05, 0.1) is 19.6 Å². The molecule has 1 aromatic carbocycles. The van der Waals surface area contributed by atoms with Crippen LogP contribution in [-0.4, -0.2) is 25.8 Å². The van der Waals surface area contributed by atoms with Gasteiger partial charge in [0.1, 0.15) is 0 Å². The van der Waals surface area contributed by atoms with Crippen molar-refractivity contribution in [2.24, 2.45) is 5.92 Å². The number of thiol groups is 1. The molecule has 0 aromatic heterocycles. The van der Waals surface area contributed by atoms with E-state index in [1.165, 1.54) is 0 Å². The molecule has 92 valence electrons. The van der Waals surface area contributed by atoms with Gasteiger partial charge >= 0.3 is 5.97 Å². The van der Waals surface area contributed by atoms with Crippen LogP contribution in [0.3, 0.4) is 0 Å². The Morgan fingerprint density at radius 2 is 2.18 bits per heavy atom. The van der Waals surface area contributed by atoms with E-state index in [9.17, 15) is 4.79 Å². The van der Waals surface area contributed by atoms with E-state index in [0.29, 0.717) is 25.6 Å². The summed E-state index contributed by atoms with van der Waals surface area (Å²) in [6, 6.07) is 7.53. The Morgan fingerprint density at radius 3 is 2.82 bits per heavy atom. The zero-order chi connectivity index (χ0) is 12.1. The average Bonchev–Trinajstić information content (AvgIpc) is 2.83. The third-order valence-electron chi connectivity index (χ3n) is 2.79. The van der Waals surface area contributed by atoms with Crippen molar-refractivity contribution < 1.29 is 14.3 Å². The Bertz CT molecular complexity index is 369. The number of benzene rings is 1. The van der Waals surface area contributed by atoms with Gasteiger partial charge in [-0.05, 0) is 24.1 Å². The minimum atomic E-state index is -0.177. The minimum Gasteiger partial charge on any atom is -0.465 e. The predicted molar refractivity (Wildman–Crippen MR) is 67.3 cm³/mol. The topological polar surface area (TPSA) is 35.5 Å². The summed E-state index contributed by atoms with van der Waals surface area (Å²) in [6.45, 7) is 1.97. The molecular weight excluding hydrogens is 236 g/mol. The maximum Gasteiger partial charge on any atom is 0.310 e. The van der Waals surface area contributed by atoms with Gasteiger partial charge in [-0.2, -0.15) is 0 Å². The second-order valence-electron chi connectivity index (χ2n) is 4.26. The lowest BCUT2D eigenvalue weighted by atomic mass is 10.1. The van der Waals surface area contributed by atoms with Crippen molar-refractivity contribution in [3.05, 3.63) is 29.8 Å². The first-order valence-corrected chi connectivity index (χ1v) is 6.20. The lowest BCUT2D eigenvalue weighted by molar-refractivity contribution is -0.144. The molecule has 1 atom stereocenters. The van der Waals surface area contributed by atoms with Crippen LogP contribution >= 0.6 is 12.6 Å². The molecule has 0 aliphatic carbocycles. The summed E-state index contributed by atoms with van der Waals surface area (Å²) in [5.74, 6) is 0.197. The largest absolute Gasteiger partial charge is 0.465 e. The molecule has 1 unspecified atom stereocenters. The van der Waals surface area contributed by atoms with Gasteiger partial charge in [0.2, 0.25) is 0 Å². The first-order valence-electron chi connectivity index (χ1n) is 5.75. The molecule has 3 nitrogen and oxygen atoms in total. The van der Waals surface area contributed by atoms with E-state index in [2.05, 4.69) is 12.6 Å². The second kappa shape index (κ2) is 6.07. The van der Waals surface area contributed by atoms with Gasteiger partial charge < -0.3 is 9.47 Å². The maximum atomic E-state index is 11.6. The smallest absolute Gasteiger partial charge is 0.310 e. The molecular formula is C13H16O3S. The SMILES string of the molecule is O=C(Cc1ccc(S)cc1)OCC1CCOC1. The van der Waals surface area contributed by atoms with Crippen molar-refractivity contribution in [3.63, 3.8) is 0 Å². The number of hydrogen-bond donors (Lipinski definition) is 1. The third kappa shape index (κ3) is 4.06. The summed E-state index contributed by atoms with van der Waals surface area (Å²) in [7, 11) is 0. The highest BCUT2D eigenvalue weighted by atomic mass is 32.1. The Labute approximate surface area is 107 Å². The molecule has 4 heteroatoms. The van der Waals surface area contributed by atoms with Gasteiger partial charge in [0.25, 0.3) is 0 Å². The van der Waals surface area contributed by atoms with E-state index in [4.69, 9.17) is 9.47 Å². The number of carbonyl (C=O) groups is 1. The molecule has 1 saturated heterocycles. The van der Waals surface area contributed by atoms with Crippen LogP contribution in [-0.2, 0) is 20.7 Å². The Hall–Kier alpha value is -1.00. The monoisotopic (exact) mass is 252 g/mol. The normalized spacial score (nSPS) is 19.2. The van der Waals surface area contributed by atoms with Crippen LogP contribution in [0.2, 0.25) is 0 Å². The van der Waals surface area contributed by atoms with Crippen LogP contribution in [0.4, 0.5) is 0 Å². The molecule has 1 aliphatic rings.